The first-order valence-electron chi connectivity index (χ1n) is 8.17. The SMILES string of the molecule is CCC(=O)Oc1cccc(C(F)(F)F)c1COc1cc(Cl)c(CC)cc1F. The van der Waals surface area contributed by atoms with Gasteiger partial charge in [0.25, 0.3) is 0 Å². The van der Waals surface area contributed by atoms with E-state index in [2.05, 4.69) is 0 Å². The normalized spacial score (nSPS) is 11.4. The van der Waals surface area contributed by atoms with Crippen molar-refractivity contribution in [2.75, 3.05) is 0 Å². The lowest BCUT2D eigenvalue weighted by Gasteiger charge is -2.17. The van der Waals surface area contributed by atoms with Crippen LogP contribution in [0.4, 0.5) is 17.6 Å². The van der Waals surface area contributed by atoms with Crippen molar-refractivity contribution >= 4 is 17.6 Å². The van der Waals surface area contributed by atoms with Crippen LogP contribution >= 0.6 is 11.6 Å². The molecule has 8 heteroatoms. The maximum Gasteiger partial charge on any atom is 0.416 e. The smallest absolute Gasteiger partial charge is 0.416 e. The Labute approximate surface area is 158 Å². The largest absolute Gasteiger partial charge is 0.486 e. The zero-order valence-electron chi connectivity index (χ0n) is 14.6. The first-order chi connectivity index (χ1) is 12.7. The molecule has 0 atom stereocenters. The van der Waals surface area contributed by atoms with Crippen molar-refractivity contribution in [1.82, 2.24) is 0 Å². The molecule has 0 saturated heterocycles. The fourth-order valence-corrected chi connectivity index (χ4v) is 2.66. The van der Waals surface area contributed by atoms with Crippen molar-refractivity contribution in [2.24, 2.45) is 0 Å². The molecule has 2 aromatic carbocycles. The molecule has 0 aliphatic carbocycles. The molecule has 0 aliphatic heterocycles. The standard InChI is InChI=1S/C19H17ClF4O3/c1-3-11-8-15(21)17(9-14(11)20)26-10-12-13(19(22,23)24)6-5-7-16(12)27-18(25)4-2/h5-9H,3-4,10H2,1-2H3. The Morgan fingerprint density at radius 1 is 1.15 bits per heavy atom. The number of carbonyl (C=O) groups excluding carboxylic acids is 1. The Balaban J connectivity index is 2.39. The molecule has 27 heavy (non-hydrogen) atoms. The molecule has 0 spiro atoms. The number of esters is 1. The number of alkyl halides is 3. The molecular weight excluding hydrogens is 388 g/mol. The third-order valence-corrected chi connectivity index (χ3v) is 4.16. The van der Waals surface area contributed by atoms with Crippen LogP contribution in [0.1, 0.15) is 37.0 Å². The number of carbonyl (C=O) groups is 1. The molecule has 0 bridgehead atoms. The van der Waals surface area contributed by atoms with Gasteiger partial charge in [-0.15, -0.1) is 0 Å². The van der Waals surface area contributed by atoms with Crippen molar-refractivity contribution in [1.29, 1.82) is 0 Å². The van der Waals surface area contributed by atoms with Crippen molar-refractivity contribution in [3.8, 4) is 11.5 Å². The molecule has 146 valence electrons. The molecule has 0 N–H and O–H groups in total. The van der Waals surface area contributed by atoms with Crippen LogP contribution in [0, 0.1) is 5.82 Å². The van der Waals surface area contributed by atoms with E-state index in [9.17, 15) is 22.4 Å². The maximum absolute atomic E-state index is 14.1. The van der Waals surface area contributed by atoms with E-state index < -0.39 is 35.7 Å². The summed E-state index contributed by atoms with van der Waals surface area (Å²) in [5.41, 5.74) is -0.878. The highest BCUT2D eigenvalue weighted by molar-refractivity contribution is 6.31. The van der Waals surface area contributed by atoms with Crippen LogP contribution in [0.2, 0.25) is 5.02 Å². The van der Waals surface area contributed by atoms with E-state index >= 15 is 0 Å². The molecule has 0 radical (unpaired) electrons. The predicted molar refractivity (Wildman–Crippen MR) is 92.5 cm³/mol. The minimum atomic E-state index is -4.70. The molecule has 2 aromatic rings. The van der Waals surface area contributed by atoms with Crippen LogP contribution < -0.4 is 9.47 Å². The average molecular weight is 405 g/mol. The highest BCUT2D eigenvalue weighted by Gasteiger charge is 2.35. The molecule has 0 saturated carbocycles. The van der Waals surface area contributed by atoms with Crippen LogP contribution in [0.15, 0.2) is 30.3 Å². The fraction of sp³-hybridized carbons (Fsp3) is 0.316. The quantitative estimate of drug-likeness (QED) is 0.339. The maximum atomic E-state index is 14.1. The number of benzene rings is 2. The summed E-state index contributed by atoms with van der Waals surface area (Å²) >= 11 is 6.01. The van der Waals surface area contributed by atoms with E-state index in [0.29, 0.717) is 12.0 Å². The van der Waals surface area contributed by atoms with Gasteiger partial charge in [0, 0.05) is 23.1 Å². The van der Waals surface area contributed by atoms with Gasteiger partial charge in [0.05, 0.1) is 5.56 Å². The lowest BCUT2D eigenvalue weighted by molar-refractivity contribution is -0.140. The Bertz CT molecular complexity index is 834. The molecule has 2 rings (SSSR count). The highest BCUT2D eigenvalue weighted by Crippen LogP contribution is 2.37. The Kier molecular flexibility index (Phi) is 6.70. The van der Waals surface area contributed by atoms with E-state index in [4.69, 9.17) is 21.1 Å². The van der Waals surface area contributed by atoms with Gasteiger partial charge in [-0.1, -0.05) is 31.5 Å². The number of hydrogen-bond acceptors (Lipinski definition) is 3. The molecule has 0 amide bonds. The van der Waals surface area contributed by atoms with Gasteiger partial charge in [0.15, 0.2) is 11.6 Å². The summed E-state index contributed by atoms with van der Waals surface area (Å²) in [6.45, 7) is 2.65. The van der Waals surface area contributed by atoms with Gasteiger partial charge in [-0.25, -0.2) is 4.39 Å². The third-order valence-electron chi connectivity index (χ3n) is 3.80. The van der Waals surface area contributed by atoms with E-state index in [1.807, 2.05) is 0 Å². The van der Waals surface area contributed by atoms with E-state index in [-0.39, 0.29) is 22.9 Å². The van der Waals surface area contributed by atoms with Crippen LogP contribution in [0.5, 0.6) is 11.5 Å². The second-order valence-electron chi connectivity index (χ2n) is 5.62. The summed E-state index contributed by atoms with van der Waals surface area (Å²) in [5, 5.41) is 0.246. The van der Waals surface area contributed by atoms with Crippen LogP contribution in [-0.4, -0.2) is 5.97 Å². The van der Waals surface area contributed by atoms with Gasteiger partial charge >= 0.3 is 12.1 Å². The molecule has 0 heterocycles. The minimum absolute atomic E-state index is 0.0146. The molecule has 0 aliphatic rings. The van der Waals surface area contributed by atoms with Crippen molar-refractivity contribution in [3.63, 3.8) is 0 Å². The summed E-state index contributed by atoms with van der Waals surface area (Å²) < 4.78 is 64.3. The van der Waals surface area contributed by atoms with E-state index in [1.54, 1.807) is 6.92 Å². The van der Waals surface area contributed by atoms with Crippen LogP contribution in [-0.2, 0) is 24.0 Å². The van der Waals surface area contributed by atoms with Crippen molar-refractivity contribution in [2.45, 2.75) is 39.5 Å². The zero-order valence-corrected chi connectivity index (χ0v) is 15.4. The summed E-state index contributed by atoms with van der Waals surface area (Å²) in [6.07, 6.45) is -4.22. The molecule has 3 nitrogen and oxygen atoms in total. The summed E-state index contributed by atoms with van der Waals surface area (Å²) in [7, 11) is 0. The minimum Gasteiger partial charge on any atom is -0.486 e. The van der Waals surface area contributed by atoms with Crippen molar-refractivity contribution < 1.29 is 31.8 Å². The topological polar surface area (TPSA) is 35.5 Å². The van der Waals surface area contributed by atoms with Crippen molar-refractivity contribution in [3.05, 3.63) is 57.9 Å². The predicted octanol–water partition coefficient (Wildman–Crippen LogP) is 5.95. The number of aryl methyl sites for hydroxylation is 1. The van der Waals surface area contributed by atoms with Gasteiger partial charge in [-0.2, -0.15) is 13.2 Å². The molecule has 0 fully saturated rings. The van der Waals surface area contributed by atoms with E-state index in [1.165, 1.54) is 25.1 Å². The van der Waals surface area contributed by atoms with Crippen LogP contribution in [0.3, 0.4) is 0 Å². The average Bonchev–Trinajstić information content (AvgIpc) is 2.61. The first kappa shape index (κ1) is 21.0. The highest BCUT2D eigenvalue weighted by atomic mass is 35.5. The lowest BCUT2D eigenvalue weighted by Crippen LogP contribution is -2.15. The van der Waals surface area contributed by atoms with Gasteiger partial charge in [-0.05, 0) is 30.2 Å². The zero-order chi connectivity index (χ0) is 20.2. The molecular formula is C19H17ClF4O3. The Morgan fingerprint density at radius 2 is 1.85 bits per heavy atom. The Hall–Kier alpha value is -2.28. The first-order valence-corrected chi connectivity index (χ1v) is 8.55. The number of rotatable bonds is 6. The second-order valence-corrected chi connectivity index (χ2v) is 6.03. The van der Waals surface area contributed by atoms with Gasteiger partial charge in [0.1, 0.15) is 12.4 Å². The number of halogens is 5. The fourth-order valence-electron chi connectivity index (χ4n) is 2.37. The van der Waals surface area contributed by atoms with Gasteiger partial charge in [0.2, 0.25) is 0 Å². The Morgan fingerprint density at radius 3 is 2.44 bits per heavy atom. The van der Waals surface area contributed by atoms with E-state index in [0.717, 1.165) is 12.1 Å². The summed E-state index contributed by atoms with van der Waals surface area (Å²) in [4.78, 5) is 11.5. The van der Waals surface area contributed by atoms with Gasteiger partial charge in [-0.3, -0.25) is 4.79 Å². The third kappa shape index (κ3) is 5.13. The number of hydrogen-bond donors (Lipinski definition) is 0. The van der Waals surface area contributed by atoms with Gasteiger partial charge < -0.3 is 9.47 Å². The monoisotopic (exact) mass is 404 g/mol. The molecule has 0 aromatic heterocycles. The number of ether oxygens (including phenoxy) is 2. The lowest BCUT2D eigenvalue weighted by atomic mass is 10.1. The van der Waals surface area contributed by atoms with Crippen LogP contribution in [0.25, 0.3) is 0 Å². The molecule has 0 unspecified atom stereocenters. The summed E-state index contributed by atoms with van der Waals surface area (Å²) in [5.74, 6) is -2.01. The second kappa shape index (κ2) is 8.61. The summed E-state index contributed by atoms with van der Waals surface area (Å²) in [6, 6.07) is 5.57.